The van der Waals surface area contributed by atoms with E-state index in [-0.39, 0.29) is 12.1 Å². The van der Waals surface area contributed by atoms with E-state index in [1.165, 1.54) is 6.92 Å². The second kappa shape index (κ2) is 8.48. The molecule has 0 aliphatic heterocycles. The number of nitrogens with zero attached hydrogens (tertiary/aromatic N) is 1. The number of hydrogen-bond donors (Lipinski definition) is 0. The van der Waals surface area contributed by atoms with E-state index in [1.54, 1.807) is 14.2 Å². The van der Waals surface area contributed by atoms with Crippen LogP contribution in [0.1, 0.15) is 25.0 Å². The zero-order valence-corrected chi connectivity index (χ0v) is 17.1. The Labute approximate surface area is 165 Å². The average molecular weight is 381 g/mol. The second-order valence-corrected chi connectivity index (χ2v) is 7.13. The van der Waals surface area contributed by atoms with Gasteiger partial charge < -0.3 is 19.1 Å². The summed E-state index contributed by atoms with van der Waals surface area (Å²) < 4.78 is 16.8. The Bertz CT molecular complexity index is 997. The van der Waals surface area contributed by atoms with Crippen molar-refractivity contribution in [3.8, 4) is 11.5 Å². The van der Waals surface area contributed by atoms with Crippen molar-refractivity contribution in [3.05, 3.63) is 48.0 Å². The smallest absolute Gasteiger partial charge is 0.303 e. The van der Waals surface area contributed by atoms with Crippen LogP contribution in [-0.4, -0.2) is 45.7 Å². The molecule has 0 amide bonds. The van der Waals surface area contributed by atoms with Gasteiger partial charge in [0.15, 0.2) is 0 Å². The van der Waals surface area contributed by atoms with Crippen molar-refractivity contribution in [3.63, 3.8) is 0 Å². The lowest BCUT2D eigenvalue weighted by Crippen LogP contribution is -2.18. The summed E-state index contributed by atoms with van der Waals surface area (Å²) in [6, 6.07) is 14.1. The number of ether oxygens (including phenoxy) is 3. The van der Waals surface area contributed by atoms with Gasteiger partial charge in [-0.3, -0.25) is 4.79 Å². The quantitative estimate of drug-likeness (QED) is 0.443. The van der Waals surface area contributed by atoms with E-state index in [4.69, 9.17) is 14.2 Å². The van der Waals surface area contributed by atoms with Gasteiger partial charge in [-0.05, 0) is 54.5 Å². The standard InChI is InChI=1S/C23H27NO4/c1-15(25)28-21(11-12-24(2)3)19-13-16-7-6-8-22(27-5)23(16)20-14-17(26-4)9-10-18(19)20/h6-10,13-14,21H,11-12H2,1-5H3. The molecule has 0 bridgehead atoms. The molecule has 0 fully saturated rings. The molecule has 3 aromatic rings. The van der Waals surface area contributed by atoms with Crippen LogP contribution < -0.4 is 9.47 Å². The fraction of sp³-hybridized carbons (Fsp3) is 0.348. The molecule has 28 heavy (non-hydrogen) atoms. The first-order valence-corrected chi connectivity index (χ1v) is 9.34. The minimum absolute atomic E-state index is 0.281. The van der Waals surface area contributed by atoms with Gasteiger partial charge in [0.25, 0.3) is 0 Å². The van der Waals surface area contributed by atoms with Crippen LogP contribution in [0.3, 0.4) is 0 Å². The van der Waals surface area contributed by atoms with Gasteiger partial charge in [-0.25, -0.2) is 0 Å². The molecule has 0 aromatic heterocycles. The third-order valence-corrected chi connectivity index (χ3v) is 4.89. The van der Waals surface area contributed by atoms with Crippen LogP contribution in [0.15, 0.2) is 42.5 Å². The number of benzene rings is 3. The highest BCUT2D eigenvalue weighted by atomic mass is 16.5. The third-order valence-electron chi connectivity index (χ3n) is 4.89. The number of esters is 1. The molecule has 5 heteroatoms. The van der Waals surface area contributed by atoms with Gasteiger partial charge in [0.1, 0.15) is 17.6 Å². The minimum Gasteiger partial charge on any atom is -0.497 e. The monoisotopic (exact) mass is 381 g/mol. The largest absolute Gasteiger partial charge is 0.497 e. The molecule has 148 valence electrons. The van der Waals surface area contributed by atoms with Gasteiger partial charge in [-0.1, -0.05) is 18.2 Å². The van der Waals surface area contributed by atoms with E-state index in [0.717, 1.165) is 45.2 Å². The molecule has 0 N–H and O–H groups in total. The molecule has 5 nitrogen and oxygen atoms in total. The summed E-state index contributed by atoms with van der Waals surface area (Å²) in [4.78, 5) is 13.9. The molecule has 3 rings (SSSR count). The van der Waals surface area contributed by atoms with Gasteiger partial charge in [0.2, 0.25) is 0 Å². The van der Waals surface area contributed by atoms with E-state index in [9.17, 15) is 4.79 Å². The van der Waals surface area contributed by atoms with Gasteiger partial charge in [-0.2, -0.15) is 0 Å². The molecular formula is C23H27NO4. The number of carbonyl (C=O) groups is 1. The lowest BCUT2D eigenvalue weighted by Gasteiger charge is -2.22. The molecule has 1 unspecified atom stereocenters. The highest BCUT2D eigenvalue weighted by molar-refractivity contribution is 6.12. The predicted molar refractivity (Wildman–Crippen MR) is 112 cm³/mol. The fourth-order valence-corrected chi connectivity index (χ4v) is 3.60. The summed E-state index contributed by atoms with van der Waals surface area (Å²) in [7, 11) is 7.36. The zero-order valence-electron chi connectivity index (χ0n) is 17.1. The lowest BCUT2D eigenvalue weighted by atomic mass is 9.92. The fourth-order valence-electron chi connectivity index (χ4n) is 3.60. The first-order valence-electron chi connectivity index (χ1n) is 9.34. The van der Waals surface area contributed by atoms with Crippen molar-refractivity contribution < 1.29 is 19.0 Å². The average Bonchev–Trinajstić information content (AvgIpc) is 2.69. The maximum atomic E-state index is 11.8. The van der Waals surface area contributed by atoms with Crippen LogP contribution >= 0.6 is 0 Å². The zero-order chi connectivity index (χ0) is 20.3. The summed E-state index contributed by atoms with van der Waals surface area (Å²) in [6.45, 7) is 2.27. The van der Waals surface area contributed by atoms with Gasteiger partial charge in [0.05, 0.1) is 14.2 Å². The van der Waals surface area contributed by atoms with E-state index in [1.807, 2.05) is 44.4 Å². The van der Waals surface area contributed by atoms with Crippen molar-refractivity contribution in [2.75, 3.05) is 34.9 Å². The van der Waals surface area contributed by atoms with Crippen LogP contribution in [0, 0.1) is 0 Å². The van der Waals surface area contributed by atoms with Gasteiger partial charge in [-0.15, -0.1) is 0 Å². The molecule has 0 radical (unpaired) electrons. The van der Waals surface area contributed by atoms with Crippen molar-refractivity contribution in [1.82, 2.24) is 4.90 Å². The first-order chi connectivity index (χ1) is 13.4. The van der Waals surface area contributed by atoms with E-state index < -0.39 is 0 Å². The lowest BCUT2D eigenvalue weighted by molar-refractivity contribution is -0.147. The molecule has 0 aliphatic carbocycles. The Kier molecular flexibility index (Phi) is 6.05. The van der Waals surface area contributed by atoms with Gasteiger partial charge in [0, 0.05) is 30.8 Å². The van der Waals surface area contributed by atoms with Crippen molar-refractivity contribution in [1.29, 1.82) is 0 Å². The molecule has 0 saturated heterocycles. The van der Waals surface area contributed by atoms with Crippen LogP contribution in [-0.2, 0) is 9.53 Å². The molecular weight excluding hydrogens is 354 g/mol. The van der Waals surface area contributed by atoms with E-state index >= 15 is 0 Å². The minimum atomic E-state index is -0.327. The highest BCUT2D eigenvalue weighted by Crippen LogP contribution is 2.40. The Balaban J connectivity index is 2.29. The van der Waals surface area contributed by atoms with Crippen molar-refractivity contribution >= 4 is 27.5 Å². The Hall–Kier alpha value is -2.79. The second-order valence-electron chi connectivity index (χ2n) is 7.13. The summed E-state index contributed by atoms with van der Waals surface area (Å²) in [6.07, 6.45) is 0.384. The first kappa shape index (κ1) is 20.0. The number of carbonyl (C=O) groups excluding carboxylic acids is 1. The third kappa shape index (κ3) is 4.04. The number of methoxy groups -OCH3 is 2. The maximum absolute atomic E-state index is 11.8. The molecule has 3 aromatic carbocycles. The molecule has 0 aliphatic rings. The van der Waals surface area contributed by atoms with Crippen molar-refractivity contribution in [2.45, 2.75) is 19.4 Å². The highest BCUT2D eigenvalue weighted by Gasteiger charge is 2.21. The van der Waals surface area contributed by atoms with Gasteiger partial charge >= 0.3 is 5.97 Å². The SMILES string of the molecule is COc1ccc2c(C(CCN(C)C)OC(C)=O)cc3cccc(OC)c3c2c1. The topological polar surface area (TPSA) is 48.0 Å². The van der Waals surface area contributed by atoms with Crippen LogP contribution in [0.4, 0.5) is 0 Å². The molecule has 0 saturated carbocycles. The number of fused-ring (bicyclic) bond motifs is 3. The Morgan fingerprint density at radius 1 is 1.04 bits per heavy atom. The maximum Gasteiger partial charge on any atom is 0.303 e. The van der Waals surface area contributed by atoms with Crippen LogP contribution in [0.2, 0.25) is 0 Å². The summed E-state index contributed by atoms with van der Waals surface area (Å²) in [5.41, 5.74) is 0.996. The molecule has 1 atom stereocenters. The van der Waals surface area contributed by atoms with E-state index in [0.29, 0.717) is 6.42 Å². The molecule has 0 spiro atoms. The Morgan fingerprint density at radius 3 is 2.46 bits per heavy atom. The summed E-state index contributed by atoms with van der Waals surface area (Å²) >= 11 is 0. The summed E-state index contributed by atoms with van der Waals surface area (Å²) in [5.74, 6) is 1.30. The van der Waals surface area contributed by atoms with Crippen LogP contribution in [0.25, 0.3) is 21.5 Å². The van der Waals surface area contributed by atoms with Crippen LogP contribution in [0.5, 0.6) is 11.5 Å². The normalized spacial score (nSPS) is 12.4. The van der Waals surface area contributed by atoms with E-state index in [2.05, 4.69) is 17.0 Å². The predicted octanol–water partition coefficient (Wildman–Crippen LogP) is 4.57. The summed E-state index contributed by atoms with van der Waals surface area (Å²) in [5, 5.41) is 4.11. The molecule has 0 heterocycles. The van der Waals surface area contributed by atoms with Crippen molar-refractivity contribution in [2.24, 2.45) is 0 Å². The number of hydrogen-bond acceptors (Lipinski definition) is 5. The number of rotatable bonds is 7. The Morgan fingerprint density at radius 2 is 1.82 bits per heavy atom.